The Balaban J connectivity index is 1.80. The predicted octanol–water partition coefficient (Wildman–Crippen LogP) is 4.82. The summed E-state index contributed by atoms with van der Waals surface area (Å²) in [5.74, 6) is -0.531. The van der Waals surface area contributed by atoms with Crippen molar-refractivity contribution in [3.05, 3.63) is 91.8 Å². The molecule has 31 heavy (non-hydrogen) atoms. The molecule has 0 spiro atoms. The summed E-state index contributed by atoms with van der Waals surface area (Å²) < 4.78 is 5.93. The van der Waals surface area contributed by atoms with Crippen molar-refractivity contribution in [3.63, 3.8) is 0 Å². The summed E-state index contributed by atoms with van der Waals surface area (Å²) in [6.45, 7) is 5.18. The van der Waals surface area contributed by atoms with Gasteiger partial charge in [0.2, 0.25) is 5.76 Å². The van der Waals surface area contributed by atoms with E-state index in [1.165, 1.54) is 11.8 Å². The Morgan fingerprint density at radius 1 is 1.06 bits per heavy atom. The number of carbonyl (C=O) groups excluding carboxylic acids is 2. The van der Waals surface area contributed by atoms with Gasteiger partial charge in [0.15, 0.2) is 16.3 Å². The first kappa shape index (κ1) is 19.4. The van der Waals surface area contributed by atoms with E-state index < -0.39 is 11.9 Å². The molecule has 1 aliphatic rings. The van der Waals surface area contributed by atoms with Crippen molar-refractivity contribution in [2.75, 3.05) is 4.90 Å². The molecule has 5 rings (SSSR count). The summed E-state index contributed by atoms with van der Waals surface area (Å²) >= 11 is 1.15. The Morgan fingerprint density at radius 2 is 1.77 bits per heavy atom. The van der Waals surface area contributed by atoms with Crippen LogP contribution in [-0.4, -0.2) is 16.7 Å². The second-order valence-electron chi connectivity index (χ2n) is 7.63. The van der Waals surface area contributed by atoms with E-state index in [-0.39, 0.29) is 17.0 Å². The molecule has 0 saturated heterocycles. The highest BCUT2D eigenvalue weighted by atomic mass is 32.1. The van der Waals surface area contributed by atoms with Crippen LogP contribution in [0.15, 0.2) is 57.7 Å². The van der Waals surface area contributed by atoms with Gasteiger partial charge in [0.05, 0.1) is 27.6 Å². The van der Waals surface area contributed by atoms with E-state index in [4.69, 9.17) is 4.42 Å². The highest BCUT2D eigenvalue weighted by Crippen LogP contribution is 2.43. The number of para-hydroxylation sites is 1. The van der Waals surface area contributed by atoms with Crippen LogP contribution in [-0.2, 0) is 0 Å². The third kappa shape index (κ3) is 2.92. The first-order valence-corrected chi connectivity index (χ1v) is 10.6. The Hall–Kier alpha value is -3.58. The number of anilines is 1. The minimum atomic E-state index is -0.686. The van der Waals surface area contributed by atoms with E-state index in [2.05, 4.69) is 4.98 Å². The van der Waals surface area contributed by atoms with Crippen LogP contribution in [0.3, 0.4) is 0 Å². The Kier molecular flexibility index (Phi) is 4.37. The van der Waals surface area contributed by atoms with Crippen LogP contribution in [0.2, 0.25) is 0 Å². The lowest BCUT2D eigenvalue weighted by molar-refractivity contribution is 0.0969. The topological polar surface area (TPSA) is 80.5 Å². The maximum Gasteiger partial charge on any atom is 0.297 e. The van der Waals surface area contributed by atoms with Gasteiger partial charge >= 0.3 is 0 Å². The predicted molar refractivity (Wildman–Crippen MR) is 119 cm³/mol. The Labute approximate surface area is 181 Å². The van der Waals surface area contributed by atoms with Gasteiger partial charge in [0.1, 0.15) is 5.58 Å². The number of thiazole rings is 1. The zero-order chi connectivity index (χ0) is 21.9. The number of ketones is 1. The van der Waals surface area contributed by atoms with Gasteiger partial charge in [-0.05, 0) is 31.5 Å². The molecule has 1 aliphatic heterocycles. The van der Waals surface area contributed by atoms with E-state index >= 15 is 0 Å². The van der Waals surface area contributed by atoms with Crippen molar-refractivity contribution < 1.29 is 14.0 Å². The molecule has 4 aromatic rings. The molecule has 0 bridgehead atoms. The minimum absolute atomic E-state index is 0.0199. The van der Waals surface area contributed by atoms with Crippen molar-refractivity contribution in [1.29, 1.82) is 0 Å². The maximum atomic E-state index is 13.5. The fourth-order valence-electron chi connectivity index (χ4n) is 3.99. The zero-order valence-corrected chi connectivity index (χ0v) is 17.9. The maximum absolute atomic E-state index is 13.5. The monoisotopic (exact) mass is 430 g/mol. The third-order valence-electron chi connectivity index (χ3n) is 5.48. The molecule has 6 nitrogen and oxygen atoms in total. The third-order valence-corrected chi connectivity index (χ3v) is 6.74. The number of aryl methyl sites for hydroxylation is 2. The van der Waals surface area contributed by atoms with Crippen LogP contribution in [0.1, 0.15) is 55.6 Å². The first-order valence-electron chi connectivity index (χ1n) is 9.81. The molecule has 0 unspecified atom stereocenters. The summed E-state index contributed by atoms with van der Waals surface area (Å²) in [6.07, 6.45) is 0. The number of aromatic nitrogens is 1. The number of Topliss-reactive ketones (excluding diaryl/α,β-unsaturated/α-hetero) is 1. The summed E-state index contributed by atoms with van der Waals surface area (Å²) in [4.78, 5) is 45.4. The van der Waals surface area contributed by atoms with Crippen molar-refractivity contribution in [2.45, 2.75) is 26.8 Å². The number of hydrogen-bond donors (Lipinski definition) is 0. The SMILES string of the molecule is CC(=O)c1sc(N2C(=O)c3oc4ccccc4c(=O)c3[C@@H]2c2ccc(C)cc2)nc1C. The van der Waals surface area contributed by atoms with Gasteiger partial charge in [-0.1, -0.05) is 53.3 Å². The van der Waals surface area contributed by atoms with Gasteiger partial charge in [0.25, 0.3) is 5.91 Å². The second kappa shape index (κ2) is 6.99. The lowest BCUT2D eigenvalue weighted by atomic mass is 9.98. The summed E-state index contributed by atoms with van der Waals surface area (Å²) in [7, 11) is 0. The molecule has 0 aliphatic carbocycles. The molecule has 1 atom stereocenters. The van der Waals surface area contributed by atoms with Crippen molar-refractivity contribution >= 4 is 39.1 Å². The molecule has 2 aromatic carbocycles. The molecule has 2 aromatic heterocycles. The fourth-order valence-corrected chi connectivity index (χ4v) is 4.98. The van der Waals surface area contributed by atoms with Crippen LogP contribution in [0.4, 0.5) is 5.13 Å². The number of amides is 1. The van der Waals surface area contributed by atoms with Crippen LogP contribution in [0.5, 0.6) is 0 Å². The molecular weight excluding hydrogens is 412 g/mol. The molecule has 7 heteroatoms. The number of hydrogen-bond acceptors (Lipinski definition) is 6. The average Bonchev–Trinajstić information content (AvgIpc) is 3.27. The van der Waals surface area contributed by atoms with E-state index in [9.17, 15) is 14.4 Å². The van der Waals surface area contributed by atoms with Crippen LogP contribution in [0, 0.1) is 13.8 Å². The van der Waals surface area contributed by atoms with E-state index in [0.717, 1.165) is 22.5 Å². The van der Waals surface area contributed by atoms with Gasteiger partial charge in [-0.15, -0.1) is 0 Å². The number of fused-ring (bicyclic) bond motifs is 2. The standard InChI is InChI=1S/C24H18N2O4S/c1-12-8-10-15(11-9-12)19-18-20(28)16-6-4-5-7-17(16)30-21(18)23(29)26(19)24-25-13(2)22(31-24)14(3)27/h4-11,19H,1-3H3/t19-/m0/s1. The molecule has 0 radical (unpaired) electrons. The number of benzene rings is 2. The highest BCUT2D eigenvalue weighted by molar-refractivity contribution is 7.17. The number of carbonyl (C=O) groups is 2. The molecule has 0 saturated carbocycles. The smallest absolute Gasteiger partial charge is 0.297 e. The lowest BCUT2D eigenvalue weighted by Crippen LogP contribution is -2.29. The molecule has 154 valence electrons. The Bertz CT molecular complexity index is 1430. The van der Waals surface area contributed by atoms with Crippen molar-refractivity contribution in [2.24, 2.45) is 0 Å². The fraction of sp³-hybridized carbons (Fsp3) is 0.167. The normalized spacial score (nSPS) is 15.5. The van der Waals surface area contributed by atoms with Gasteiger partial charge < -0.3 is 4.42 Å². The average molecular weight is 430 g/mol. The number of nitrogens with zero attached hydrogens (tertiary/aromatic N) is 2. The van der Waals surface area contributed by atoms with Crippen LogP contribution < -0.4 is 10.3 Å². The number of rotatable bonds is 3. The van der Waals surface area contributed by atoms with Gasteiger partial charge in [-0.25, -0.2) is 4.98 Å². The molecule has 3 heterocycles. The van der Waals surface area contributed by atoms with E-state index in [1.807, 2.05) is 31.2 Å². The van der Waals surface area contributed by atoms with Crippen LogP contribution >= 0.6 is 11.3 Å². The second-order valence-corrected chi connectivity index (χ2v) is 8.60. The quantitative estimate of drug-likeness (QED) is 0.436. The molecular formula is C24H18N2O4S. The zero-order valence-electron chi connectivity index (χ0n) is 17.1. The minimum Gasteiger partial charge on any atom is -0.450 e. The lowest BCUT2D eigenvalue weighted by Gasteiger charge is -2.22. The van der Waals surface area contributed by atoms with Crippen molar-refractivity contribution in [3.8, 4) is 0 Å². The van der Waals surface area contributed by atoms with Crippen LogP contribution in [0.25, 0.3) is 11.0 Å². The molecule has 0 N–H and O–H groups in total. The van der Waals surface area contributed by atoms with E-state index in [1.54, 1.807) is 31.2 Å². The van der Waals surface area contributed by atoms with Gasteiger partial charge in [0, 0.05) is 6.92 Å². The molecule has 1 amide bonds. The summed E-state index contributed by atoms with van der Waals surface area (Å²) in [5, 5.41) is 0.792. The first-order chi connectivity index (χ1) is 14.9. The largest absolute Gasteiger partial charge is 0.450 e. The van der Waals surface area contributed by atoms with E-state index in [0.29, 0.717) is 32.2 Å². The molecule has 0 fully saturated rings. The summed E-state index contributed by atoms with van der Waals surface area (Å²) in [6, 6.07) is 13.9. The van der Waals surface area contributed by atoms with Crippen molar-refractivity contribution in [1.82, 2.24) is 4.98 Å². The summed E-state index contributed by atoms with van der Waals surface area (Å²) in [5.41, 5.74) is 2.82. The highest BCUT2D eigenvalue weighted by Gasteiger charge is 2.45. The Morgan fingerprint density at radius 3 is 2.45 bits per heavy atom. The van der Waals surface area contributed by atoms with Gasteiger partial charge in [-0.2, -0.15) is 0 Å². The van der Waals surface area contributed by atoms with Gasteiger partial charge in [-0.3, -0.25) is 19.3 Å².